The summed E-state index contributed by atoms with van der Waals surface area (Å²) in [5.74, 6) is -1.46. The Morgan fingerprint density at radius 2 is 1.91 bits per heavy atom. The molecule has 2 atom stereocenters. The van der Waals surface area contributed by atoms with Gasteiger partial charge in [-0.1, -0.05) is 30.3 Å². The first-order valence-corrected chi connectivity index (χ1v) is 10.8. The van der Waals surface area contributed by atoms with Crippen LogP contribution in [0.25, 0.3) is 16.8 Å². The van der Waals surface area contributed by atoms with Crippen LogP contribution in [-0.4, -0.2) is 40.8 Å². The van der Waals surface area contributed by atoms with E-state index >= 15 is 0 Å². The molecule has 0 radical (unpaired) electrons. The molecule has 0 aromatic heterocycles. The summed E-state index contributed by atoms with van der Waals surface area (Å²) >= 11 is 0. The van der Waals surface area contributed by atoms with Crippen molar-refractivity contribution < 1.29 is 29.0 Å². The number of carboxylic acids is 1. The highest BCUT2D eigenvalue weighted by atomic mass is 16.6. The quantitative estimate of drug-likeness (QED) is 0.464. The Bertz CT molecular complexity index is 1030. The summed E-state index contributed by atoms with van der Waals surface area (Å²) in [6.45, 7) is 7.42. The molecule has 2 amide bonds. The lowest BCUT2D eigenvalue weighted by Crippen LogP contribution is -2.45. The number of ether oxygens (including phenoxy) is 2. The van der Waals surface area contributed by atoms with E-state index in [0.717, 1.165) is 28.0 Å². The number of aliphatic carboxylic acids is 1. The fourth-order valence-corrected chi connectivity index (χ4v) is 3.28. The molecule has 8 nitrogen and oxygen atoms in total. The van der Waals surface area contributed by atoms with Crippen LogP contribution in [0, 0.1) is 0 Å². The van der Waals surface area contributed by atoms with Crippen LogP contribution in [0.15, 0.2) is 42.5 Å². The van der Waals surface area contributed by atoms with Crippen molar-refractivity contribution in [1.29, 1.82) is 0 Å². The zero-order chi connectivity index (χ0) is 24.6. The number of hydrogen-bond donors (Lipinski definition) is 3. The number of fused-ring (bicyclic) bond motifs is 1. The lowest BCUT2D eigenvalue weighted by atomic mass is 10.0. The summed E-state index contributed by atoms with van der Waals surface area (Å²) < 4.78 is 11.3. The van der Waals surface area contributed by atoms with E-state index in [-0.39, 0.29) is 13.0 Å². The van der Waals surface area contributed by atoms with Gasteiger partial charge in [0.05, 0.1) is 18.8 Å². The van der Waals surface area contributed by atoms with E-state index in [4.69, 9.17) is 20.3 Å². The molecule has 2 rings (SSSR count). The van der Waals surface area contributed by atoms with Gasteiger partial charge in [-0.05, 0) is 68.2 Å². The number of carbonyl (C=O) groups is 3. The highest BCUT2D eigenvalue weighted by Crippen LogP contribution is 2.22. The molecule has 8 heteroatoms. The monoisotopic (exact) mass is 456 g/mol. The third-order valence-corrected chi connectivity index (χ3v) is 4.87. The van der Waals surface area contributed by atoms with Gasteiger partial charge < -0.3 is 25.6 Å². The number of amides is 2. The van der Waals surface area contributed by atoms with Gasteiger partial charge >= 0.3 is 12.1 Å². The number of carbonyl (C=O) groups excluding carboxylic acids is 2. The van der Waals surface area contributed by atoms with Crippen LogP contribution in [0.2, 0.25) is 0 Å². The first-order valence-electron chi connectivity index (χ1n) is 10.8. The summed E-state index contributed by atoms with van der Waals surface area (Å²) in [5, 5.41) is 13.5. The lowest BCUT2D eigenvalue weighted by molar-refractivity contribution is -0.131. The molecular weight excluding hydrogens is 424 g/mol. The number of rotatable bonds is 10. The van der Waals surface area contributed by atoms with Gasteiger partial charge in [0.2, 0.25) is 5.91 Å². The zero-order valence-electron chi connectivity index (χ0n) is 19.5. The minimum absolute atomic E-state index is 0.108. The van der Waals surface area contributed by atoms with Crippen molar-refractivity contribution in [3.05, 3.63) is 53.6 Å². The third kappa shape index (κ3) is 8.94. The first kappa shape index (κ1) is 25.9. The summed E-state index contributed by atoms with van der Waals surface area (Å²) in [4.78, 5) is 34.3. The maximum absolute atomic E-state index is 12.2. The normalized spacial score (nSPS) is 13.6. The van der Waals surface area contributed by atoms with Gasteiger partial charge in [-0.15, -0.1) is 0 Å². The standard InChI is InChI=1S/C25H32N2O6/c1-16(21(11-12-22(26)28)27-24(31)33-25(2,3)4)32-15-17-8-10-20-18(9-13-23(29)30)6-5-7-19(20)14-17/h5-10,13-14,16,21H,11-12,15H2,1-4H3,(H2,26,28)(H,27,31)(H,29,30)/b13-9+. The Morgan fingerprint density at radius 3 is 2.55 bits per heavy atom. The van der Waals surface area contributed by atoms with Gasteiger partial charge in [0.25, 0.3) is 0 Å². The zero-order valence-corrected chi connectivity index (χ0v) is 19.5. The second-order valence-corrected chi connectivity index (χ2v) is 8.85. The van der Waals surface area contributed by atoms with Gasteiger partial charge in [0.15, 0.2) is 0 Å². The smallest absolute Gasteiger partial charge is 0.407 e. The van der Waals surface area contributed by atoms with E-state index in [9.17, 15) is 14.4 Å². The van der Waals surface area contributed by atoms with Crippen molar-refractivity contribution in [3.63, 3.8) is 0 Å². The third-order valence-electron chi connectivity index (χ3n) is 4.87. The van der Waals surface area contributed by atoms with Gasteiger partial charge in [0, 0.05) is 12.5 Å². The second-order valence-electron chi connectivity index (χ2n) is 8.85. The minimum atomic E-state index is -1.00. The maximum Gasteiger partial charge on any atom is 0.407 e. The molecule has 0 bridgehead atoms. The molecule has 0 fully saturated rings. The van der Waals surface area contributed by atoms with Crippen molar-refractivity contribution in [1.82, 2.24) is 5.32 Å². The van der Waals surface area contributed by atoms with Crippen LogP contribution >= 0.6 is 0 Å². The molecule has 2 aromatic carbocycles. The van der Waals surface area contributed by atoms with Crippen molar-refractivity contribution in [2.75, 3.05) is 0 Å². The second kappa shape index (κ2) is 11.5. The van der Waals surface area contributed by atoms with Crippen molar-refractivity contribution in [2.24, 2.45) is 5.73 Å². The van der Waals surface area contributed by atoms with Crippen molar-refractivity contribution in [2.45, 2.75) is 64.9 Å². The van der Waals surface area contributed by atoms with Crippen molar-refractivity contribution in [3.8, 4) is 0 Å². The molecule has 0 aliphatic carbocycles. The number of carboxylic acid groups (broad SMARTS) is 1. The van der Waals surface area contributed by atoms with Crippen LogP contribution in [0.1, 0.15) is 51.7 Å². The Labute approximate surface area is 193 Å². The van der Waals surface area contributed by atoms with Crippen LogP contribution < -0.4 is 11.1 Å². The summed E-state index contributed by atoms with van der Waals surface area (Å²) in [6, 6.07) is 11.0. The van der Waals surface area contributed by atoms with Crippen LogP contribution in [0.5, 0.6) is 0 Å². The van der Waals surface area contributed by atoms with Gasteiger partial charge in [0.1, 0.15) is 5.60 Å². The van der Waals surface area contributed by atoms with Crippen LogP contribution in [0.3, 0.4) is 0 Å². The van der Waals surface area contributed by atoms with E-state index in [1.54, 1.807) is 26.8 Å². The molecule has 2 unspecified atom stereocenters. The first-order chi connectivity index (χ1) is 15.4. The fraction of sp³-hybridized carbons (Fsp3) is 0.400. The predicted molar refractivity (Wildman–Crippen MR) is 126 cm³/mol. The summed E-state index contributed by atoms with van der Waals surface area (Å²) in [5.41, 5.74) is 6.36. The van der Waals surface area contributed by atoms with Crippen LogP contribution in [-0.2, 0) is 25.7 Å². The average molecular weight is 457 g/mol. The van der Waals surface area contributed by atoms with Crippen molar-refractivity contribution >= 4 is 34.8 Å². The minimum Gasteiger partial charge on any atom is -0.478 e. The molecule has 0 saturated carbocycles. The van der Waals surface area contributed by atoms with Crippen LogP contribution in [0.4, 0.5) is 4.79 Å². The number of primary amides is 1. The number of hydrogen-bond acceptors (Lipinski definition) is 5. The van der Waals surface area contributed by atoms with Gasteiger partial charge in [-0.3, -0.25) is 4.79 Å². The number of nitrogens with one attached hydrogen (secondary N) is 1. The maximum atomic E-state index is 12.2. The molecule has 0 aliphatic heterocycles. The SMILES string of the molecule is CC(OCc1ccc2c(/C=C/C(=O)O)cccc2c1)C(CCC(N)=O)NC(=O)OC(C)(C)C. The largest absolute Gasteiger partial charge is 0.478 e. The summed E-state index contributed by atoms with van der Waals surface area (Å²) in [6.07, 6.45) is 2.12. The number of alkyl carbamates (subject to hydrolysis) is 1. The van der Waals surface area contributed by atoms with E-state index in [0.29, 0.717) is 6.42 Å². The fourth-order valence-electron chi connectivity index (χ4n) is 3.28. The topological polar surface area (TPSA) is 128 Å². The molecule has 2 aromatic rings. The molecular formula is C25H32N2O6. The lowest BCUT2D eigenvalue weighted by Gasteiger charge is -2.27. The van der Waals surface area contributed by atoms with E-state index in [1.165, 1.54) is 0 Å². The molecule has 178 valence electrons. The highest BCUT2D eigenvalue weighted by molar-refractivity contribution is 5.94. The molecule has 4 N–H and O–H groups in total. The van der Waals surface area contributed by atoms with E-state index in [1.807, 2.05) is 43.3 Å². The molecule has 0 heterocycles. The number of nitrogens with two attached hydrogens (primary N) is 1. The molecule has 0 aliphatic rings. The molecule has 33 heavy (non-hydrogen) atoms. The van der Waals surface area contributed by atoms with Gasteiger partial charge in [-0.2, -0.15) is 0 Å². The Kier molecular flexibility index (Phi) is 8.99. The summed E-state index contributed by atoms with van der Waals surface area (Å²) in [7, 11) is 0. The molecule has 0 spiro atoms. The Hall–Kier alpha value is -3.39. The Balaban J connectivity index is 2.09. The number of benzene rings is 2. The Morgan fingerprint density at radius 1 is 1.18 bits per heavy atom. The van der Waals surface area contributed by atoms with Gasteiger partial charge in [-0.25, -0.2) is 9.59 Å². The van der Waals surface area contributed by atoms with E-state index in [2.05, 4.69) is 5.32 Å². The van der Waals surface area contributed by atoms with E-state index < -0.39 is 35.7 Å². The highest BCUT2D eigenvalue weighted by Gasteiger charge is 2.24. The predicted octanol–water partition coefficient (Wildman–Crippen LogP) is 4.00. The average Bonchev–Trinajstić information content (AvgIpc) is 2.71. The molecule has 0 saturated heterocycles.